The molecule has 0 spiro atoms. The first-order valence-corrected chi connectivity index (χ1v) is 6.48. The molecule has 1 unspecified atom stereocenters. The summed E-state index contributed by atoms with van der Waals surface area (Å²) in [5.41, 5.74) is 0.948. The van der Waals surface area contributed by atoms with Gasteiger partial charge in [-0.3, -0.25) is 4.68 Å². The quantitative estimate of drug-likeness (QED) is 0.875. The van der Waals surface area contributed by atoms with Crippen LogP contribution in [0.3, 0.4) is 0 Å². The van der Waals surface area contributed by atoms with Gasteiger partial charge in [0, 0.05) is 18.4 Å². The highest BCUT2D eigenvalue weighted by Gasteiger charge is 2.24. The van der Waals surface area contributed by atoms with E-state index in [4.69, 9.17) is 11.6 Å². The molecule has 98 valence electrons. The van der Waals surface area contributed by atoms with Crippen molar-refractivity contribution in [2.45, 2.75) is 32.9 Å². The number of imidazole rings is 1. The molecule has 2 rings (SSSR count). The van der Waals surface area contributed by atoms with Gasteiger partial charge < -0.3 is 10.3 Å². The topological polar surface area (TPSA) is 58.5 Å². The Morgan fingerprint density at radius 3 is 2.83 bits per heavy atom. The number of halogens is 1. The first kappa shape index (κ1) is 13.1. The number of aromatic amines is 1. The van der Waals surface area contributed by atoms with Crippen LogP contribution in [0, 0.1) is 0 Å². The zero-order valence-electron chi connectivity index (χ0n) is 10.8. The van der Waals surface area contributed by atoms with Crippen LogP contribution in [0.15, 0.2) is 18.6 Å². The van der Waals surface area contributed by atoms with Gasteiger partial charge in [0.1, 0.15) is 11.9 Å². The molecule has 0 bridgehead atoms. The van der Waals surface area contributed by atoms with E-state index in [-0.39, 0.29) is 12.1 Å². The maximum Gasteiger partial charge on any atom is 0.129 e. The van der Waals surface area contributed by atoms with E-state index in [1.165, 1.54) is 0 Å². The predicted molar refractivity (Wildman–Crippen MR) is 71.7 cm³/mol. The van der Waals surface area contributed by atoms with Gasteiger partial charge >= 0.3 is 0 Å². The van der Waals surface area contributed by atoms with Crippen LogP contribution >= 0.6 is 11.6 Å². The lowest BCUT2D eigenvalue weighted by molar-refractivity contribution is 0.469. The Hall–Kier alpha value is -1.33. The van der Waals surface area contributed by atoms with Crippen molar-refractivity contribution in [3.05, 3.63) is 35.1 Å². The van der Waals surface area contributed by atoms with Crippen LogP contribution in [0.4, 0.5) is 0 Å². The van der Waals surface area contributed by atoms with Crippen LogP contribution in [0.5, 0.6) is 0 Å². The fraction of sp³-hybridized carbons (Fsp3) is 0.500. The molecule has 1 atom stereocenters. The smallest absolute Gasteiger partial charge is 0.129 e. The van der Waals surface area contributed by atoms with Crippen molar-refractivity contribution in [1.29, 1.82) is 0 Å². The molecule has 2 aromatic rings. The summed E-state index contributed by atoms with van der Waals surface area (Å²) in [6, 6.07) is 0.186. The Labute approximate surface area is 112 Å². The van der Waals surface area contributed by atoms with E-state index >= 15 is 0 Å². The number of hydrogen-bond acceptors (Lipinski definition) is 3. The molecule has 6 heteroatoms. The van der Waals surface area contributed by atoms with E-state index in [1.54, 1.807) is 12.4 Å². The molecule has 0 aliphatic carbocycles. The first-order chi connectivity index (χ1) is 8.65. The molecule has 0 aliphatic heterocycles. The van der Waals surface area contributed by atoms with Gasteiger partial charge in [0.15, 0.2) is 0 Å². The lowest BCUT2D eigenvalue weighted by Crippen LogP contribution is -2.26. The summed E-state index contributed by atoms with van der Waals surface area (Å²) < 4.78 is 1.93. The van der Waals surface area contributed by atoms with E-state index in [2.05, 4.69) is 41.2 Å². The third kappa shape index (κ3) is 2.42. The van der Waals surface area contributed by atoms with Crippen molar-refractivity contribution >= 4 is 11.6 Å². The number of nitrogens with zero attached hydrogens (tertiary/aromatic N) is 3. The van der Waals surface area contributed by atoms with Crippen LogP contribution in [-0.4, -0.2) is 26.3 Å². The van der Waals surface area contributed by atoms with Crippen molar-refractivity contribution in [3.8, 4) is 0 Å². The molecular formula is C12H18ClN5. The summed E-state index contributed by atoms with van der Waals surface area (Å²) in [5.74, 6) is 0.848. The average Bonchev–Trinajstić information content (AvgIpc) is 2.95. The van der Waals surface area contributed by atoms with Gasteiger partial charge in [-0.05, 0) is 20.4 Å². The highest BCUT2D eigenvalue weighted by Crippen LogP contribution is 2.28. The third-order valence-corrected chi connectivity index (χ3v) is 3.04. The second-order valence-electron chi connectivity index (χ2n) is 4.38. The Kier molecular flexibility index (Phi) is 4.04. The predicted octanol–water partition coefficient (Wildman–Crippen LogP) is 2.54. The molecule has 18 heavy (non-hydrogen) atoms. The van der Waals surface area contributed by atoms with Gasteiger partial charge in [-0.1, -0.05) is 18.5 Å². The van der Waals surface area contributed by atoms with Crippen LogP contribution in [0.1, 0.15) is 44.4 Å². The molecule has 2 N–H and O–H groups in total. The Morgan fingerprint density at radius 2 is 2.28 bits per heavy atom. The average molecular weight is 268 g/mol. The monoisotopic (exact) mass is 267 g/mol. The minimum Gasteiger partial charge on any atom is -0.347 e. The largest absolute Gasteiger partial charge is 0.347 e. The van der Waals surface area contributed by atoms with Crippen molar-refractivity contribution in [2.24, 2.45) is 0 Å². The minimum atomic E-state index is -0.0672. The maximum atomic E-state index is 6.27. The molecule has 0 fully saturated rings. The van der Waals surface area contributed by atoms with Crippen molar-refractivity contribution in [3.63, 3.8) is 0 Å². The first-order valence-electron chi connectivity index (χ1n) is 6.10. The number of hydrogen-bond donors (Lipinski definition) is 2. The summed E-state index contributed by atoms with van der Waals surface area (Å²) in [5, 5.41) is 8.37. The highest BCUT2D eigenvalue weighted by atomic mass is 35.5. The fourth-order valence-corrected chi connectivity index (χ4v) is 2.23. The summed E-state index contributed by atoms with van der Waals surface area (Å²) in [4.78, 5) is 7.45. The highest BCUT2D eigenvalue weighted by molar-refractivity contribution is 6.31. The SMILES string of the molecule is CCNC(c1ncc[nH]1)c1c(Cl)cnn1C(C)C. The van der Waals surface area contributed by atoms with Gasteiger partial charge in [0.25, 0.3) is 0 Å². The molecule has 0 amide bonds. The van der Waals surface area contributed by atoms with Crippen LogP contribution < -0.4 is 5.32 Å². The Morgan fingerprint density at radius 1 is 1.50 bits per heavy atom. The molecule has 0 saturated carbocycles. The van der Waals surface area contributed by atoms with E-state index in [9.17, 15) is 0 Å². The molecule has 0 aromatic carbocycles. The van der Waals surface area contributed by atoms with Crippen LogP contribution in [0.2, 0.25) is 5.02 Å². The van der Waals surface area contributed by atoms with E-state index in [0.717, 1.165) is 18.1 Å². The molecule has 2 aromatic heterocycles. The van der Waals surface area contributed by atoms with Gasteiger partial charge in [0.2, 0.25) is 0 Å². The van der Waals surface area contributed by atoms with Crippen molar-refractivity contribution < 1.29 is 0 Å². The van der Waals surface area contributed by atoms with E-state index in [0.29, 0.717) is 5.02 Å². The Balaban J connectivity index is 2.45. The summed E-state index contributed by atoms with van der Waals surface area (Å²) in [7, 11) is 0. The molecule has 0 radical (unpaired) electrons. The minimum absolute atomic E-state index is 0.0672. The van der Waals surface area contributed by atoms with Gasteiger partial charge in [-0.15, -0.1) is 0 Å². The van der Waals surface area contributed by atoms with E-state index in [1.807, 2.05) is 10.9 Å². The molecule has 2 heterocycles. The molecule has 0 aliphatic rings. The molecule has 0 saturated heterocycles. The number of H-pyrrole nitrogens is 1. The standard InChI is InChI=1S/C12H18ClN5/c1-4-14-10(12-15-5-6-16-12)11-9(13)7-17-18(11)8(2)3/h5-8,10,14H,4H2,1-3H3,(H,15,16). The summed E-state index contributed by atoms with van der Waals surface area (Å²) in [6.07, 6.45) is 5.23. The van der Waals surface area contributed by atoms with Crippen molar-refractivity contribution in [2.75, 3.05) is 6.54 Å². The second-order valence-corrected chi connectivity index (χ2v) is 4.79. The molecule has 5 nitrogen and oxygen atoms in total. The zero-order valence-corrected chi connectivity index (χ0v) is 11.6. The lowest BCUT2D eigenvalue weighted by atomic mass is 10.1. The molecular weight excluding hydrogens is 250 g/mol. The third-order valence-electron chi connectivity index (χ3n) is 2.75. The summed E-state index contributed by atoms with van der Waals surface area (Å²) in [6.45, 7) is 7.04. The van der Waals surface area contributed by atoms with Gasteiger partial charge in [-0.25, -0.2) is 4.98 Å². The van der Waals surface area contributed by atoms with Gasteiger partial charge in [-0.2, -0.15) is 5.10 Å². The van der Waals surface area contributed by atoms with E-state index < -0.39 is 0 Å². The second kappa shape index (κ2) is 5.54. The zero-order chi connectivity index (χ0) is 13.1. The Bertz CT molecular complexity index is 489. The van der Waals surface area contributed by atoms with Crippen molar-refractivity contribution in [1.82, 2.24) is 25.1 Å². The normalized spacial score (nSPS) is 13.2. The van der Waals surface area contributed by atoms with Gasteiger partial charge in [0.05, 0.1) is 16.9 Å². The fourth-order valence-electron chi connectivity index (χ4n) is 1.99. The maximum absolute atomic E-state index is 6.27. The summed E-state index contributed by atoms with van der Waals surface area (Å²) >= 11 is 6.27. The number of rotatable bonds is 5. The number of nitrogens with one attached hydrogen (secondary N) is 2. The van der Waals surface area contributed by atoms with Crippen LogP contribution in [-0.2, 0) is 0 Å². The lowest BCUT2D eigenvalue weighted by Gasteiger charge is -2.20. The van der Waals surface area contributed by atoms with Crippen LogP contribution in [0.25, 0.3) is 0 Å². The number of aromatic nitrogens is 4.